The van der Waals surface area contributed by atoms with Crippen LogP contribution in [0.1, 0.15) is 19.1 Å². The Morgan fingerprint density at radius 1 is 1.50 bits per heavy atom. The quantitative estimate of drug-likeness (QED) is 0.830. The van der Waals surface area contributed by atoms with Gasteiger partial charge in [0.05, 0.1) is 6.26 Å². The van der Waals surface area contributed by atoms with Gasteiger partial charge in [0.25, 0.3) is 0 Å². The van der Waals surface area contributed by atoms with Crippen LogP contribution in [0.2, 0.25) is 0 Å². The molecule has 0 bridgehead atoms. The molecule has 0 aliphatic rings. The number of anilines is 2. The number of nitrogens with one attached hydrogen (secondary N) is 1. The first kappa shape index (κ1) is 12.9. The van der Waals surface area contributed by atoms with Crippen molar-refractivity contribution >= 4 is 27.7 Å². The highest BCUT2D eigenvalue weighted by Crippen LogP contribution is 2.14. The van der Waals surface area contributed by atoms with Gasteiger partial charge in [-0.3, -0.25) is 0 Å². The Morgan fingerprint density at radius 3 is 3.00 bits per heavy atom. The molecule has 18 heavy (non-hydrogen) atoms. The van der Waals surface area contributed by atoms with Crippen LogP contribution in [0, 0.1) is 0 Å². The molecule has 3 N–H and O–H groups in total. The lowest BCUT2D eigenvalue weighted by Gasteiger charge is -2.13. The molecule has 1 atom stereocenters. The van der Waals surface area contributed by atoms with Crippen molar-refractivity contribution in [3.05, 3.63) is 34.8 Å². The fourth-order valence-corrected chi connectivity index (χ4v) is 2.01. The first-order chi connectivity index (χ1) is 8.63. The summed E-state index contributed by atoms with van der Waals surface area (Å²) in [7, 11) is 0. The van der Waals surface area contributed by atoms with Crippen molar-refractivity contribution in [1.82, 2.24) is 9.97 Å². The van der Waals surface area contributed by atoms with Crippen LogP contribution in [0.4, 0.5) is 11.8 Å². The summed E-state index contributed by atoms with van der Waals surface area (Å²) in [6.45, 7) is 2.07. The summed E-state index contributed by atoms with van der Waals surface area (Å²) >= 11 is 3.29. The second-order valence-corrected chi connectivity index (χ2v) is 4.92. The molecule has 0 amide bonds. The monoisotopic (exact) mass is 310 g/mol. The third kappa shape index (κ3) is 3.73. The topological polar surface area (TPSA) is 77.0 Å². The Hall–Kier alpha value is -1.56. The van der Waals surface area contributed by atoms with Crippen LogP contribution >= 0.6 is 15.9 Å². The van der Waals surface area contributed by atoms with Crippen molar-refractivity contribution in [1.29, 1.82) is 0 Å². The number of nitrogens with two attached hydrogens (primary N) is 1. The number of halogens is 1. The van der Waals surface area contributed by atoms with Gasteiger partial charge in [-0.1, -0.05) is 0 Å². The summed E-state index contributed by atoms with van der Waals surface area (Å²) in [6, 6.07) is 5.77. The van der Waals surface area contributed by atoms with E-state index in [0.717, 1.165) is 18.6 Å². The summed E-state index contributed by atoms with van der Waals surface area (Å²) in [5, 5.41) is 3.21. The van der Waals surface area contributed by atoms with E-state index >= 15 is 0 Å². The predicted molar refractivity (Wildman–Crippen MR) is 74.3 cm³/mol. The van der Waals surface area contributed by atoms with Crippen LogP contribution in [0.25, 0.3) is 0 Å². The number of rotatable bonds is 5. The van der Waals surface area contributed by atoms with Crippen molar-refractivity contribution in [2.24, 2.45) is 0 Å². The number of aromatic nitrogens is 2. The van der Waals surface area contributed by atoms with E-state index in [9.17, 15) is 0 Å². The Morgan fingerprint density at radius 2 is 2.33 bits per heavy atom. The lowest BCUT2D eigenvalue weighted by Crippen LogP contribution is -2.18. The maximum absolute atomic E-state index is 5.65. The lowest BCUT2D eigenvalue weighted by atomic mass is 10.1. The second kappa shape index (κ2) is 5.86. The molecule has 2 heterocycles. The van der Waals surface area contributed by atoms with Crippen molar-refractivity contribution in [2.45, 2.75) is 25.8 Å². The molecule has 0 saturated carbocycles. The molecule has 6 heteroatoms. The molecule has 0 aliphatic carbocycles. The van der Waals surface area contributed by atoms with Crippen molar-refractivity contribution in [3.63, 3.8) is 0 Å². The highest BCUT2D eigenvalue weighted by molar-refractivity contribution is 9.10. The minimum atomic E-state index is 0.240. The summed E-state index contributed by atoms with van der Waals surface area (Å²) < 4.78 is 5.96. The molecular formula is C12H15BrN4O. The zero-order chi connectivity index (χ0) is 13.0. The van der Waals surface area contributed by atoms with Gasteiger partial charge >= 0.3 is 0 Å². The molecular weight excluding hydrogens is 296 g/mol. The van der Waals surface area contributed by atoms with Gasteiger partial charge in [0.1, 0.15) is 16.2 Å². The van der Waals surface area contributed by atoms with E-state index in [4.69, 9.17) is 10.2 Å². The number of furan rings is 1. The summed E-state index contributed by atoms with van der Waals surface area (Å²) in [4.78, 5) is 8.33. The zero-order valence-electron chi connectivity index (χ0n) is 10.1. The summed E-state index contributed by atoms with van der Waals surface area (Å²) in [6.07, 6.45) is 3.50. The number of aryl methyl sites for hydroxylation is 1. The minimum Gasteiger partial charge on any atom is -0.469 e. The largest absolute Gasteiger partial charge is 0.469 e. The van der Waals surface area contributed by atoms with Crippen molar-refractivity contribution < 1.29 is 4.42 Å². The number of hydrogen-bond acceptors (Lipinski definition) is 5. The standard InChI is InChI=1S/C12H15BrN4O/c1-8(4-5-9-3-2-6-18-9)15-12-16-10(13)7-11(14)17-12/h2-3,6-8H,4-5H2,1H3,(H3,14,15,16,17). The Balaban J connectivity index is 1.88. The fourth-order valence-electron chi connectivity index (χ4n) is 1.61. The number of nitrogens with zero attached hydrogens (tertiary/aromatic N) is 2. The Kier molecular flexibility index (Phi) is 4.19. The molecule has 2 rings (SSSR count). The van der Waals surface area contributed by atoms with Gasteiger partial charge in [-0.05, 0) is 41.4 Å². The summed E-state index contributed by atoms with van der Waals surface area (Å²) in [5.74, 6) is 1.96. The van der Waals surface area contributed by atoms with Gasteiger partial charge in [-0.2, -0.15) is 4.98 Å². The molecule has 0 aliphatic heterocycles. The molecule has 2 aromatic heterocycles. The third-order valence-corrected chi connectivity index (χ3v) is 2.90. The molecule has 0 radical (unpaired) electrons. The molecule has 96 valence electrons. The lowest BCUT2D eigenvalue weighted by molar-refractivity contribution is 0.494. The fraction of sp³-hybridized carbons (Fsp3) is 0.333. The Bertz CT molecular complexity index is 481. The highest BCUT2D eigenvalue weighted by Gasteiger charge is 2.07. The summed E-state index contributed by atoms with van der Waals surface area (Å²) in [5.41, 5.74) is 5.65. The first-order valence-electron chi connectivity index (χ1n) is 5.72. The zero-order valence-corrected chi connectivity index (χ0v) is 11.6. The van der Waals surface area contributed by atoms with Crippen LogP contribution in [-0.4, -0.2) is 16.0 Å². The van der Waals surface area contributed by atoms with E-state index in [2.05, 4.69) is 38.1 Å². The van der Waals surface area contributed by atoms with Crippen LogP contribution in [-0.2, 0) is 6.42 Å². The highest BCUT2D eigenvalue weighted by atomic mass is 79.9. The van der Waals surface area contributed by atoms with E-state index < -0.39 is 0 Å². The predicted octanol–water partition coefficient (Wildman–Crippen LogP) is 2.85. The van der Waals surface area contributed by atoms with Crippen LogP contribution in [0.5, 0.6) is 0 Å². The smallest absolute Gasteiger partial charge is 0.225 e. The van der Waals surface area contributed by atoms with Gasteiger partial charge in [0.15, 0.2) is 0 Å². The van der Waals surface area contributed by atoms with E-state index in [-0.39, 0.29) is 6.04 Å². The van der Waals surface area contributed by atoms with Gasteiger partial charge < -0.3 is 15.5 Å². The molecule has 2 aromatic rings. The van der Waals surface area contributed by atoms with Crippen molar-refractivity contribution in [3.8, 4) is 0 Å². The molecule has 1 unspecified atom stereocenters. The molecule has 0 fully saturated rings. The SMILES string of the molecule is CC(CCc1ccco1)Nc1nc(N)cc(Br)n1. The van der Waals surface area contributed by atoms with E-state index in [1.165, 1.54) is 0 Å². The average molecular weight is 311 g/mol. The van der Waals surface area contributed by atoms with Gasteiger partial charge in [-0.25, -0.2) is 4.98 Å². The molecule has 0 aromatic carbocycles. The maximum atomic E-state index is 5.65. The maximum Gasteiger partial charge on any atom is 0.225 e. The van der Waals surface area contributed by atoms with Crippen LogP contribution in [0.3, 0.4) is 0 Å². The van der Waals surface area contributed by atoms with E-state index in [1.54, 1.807) is 12.3 Å². The molecule has 0 spiro atoms. The van der Waals surface area contributed by atoms with Gasteiger partial charge in [0.2, 0.25) is 5.95 Å². The minimum absolute atomic E-state index is 0.240. The normalized spacial score (nSPS) is 12.3. The van der Waals surface area contributed by atoms with E-state index in [0.29, 0.717) is 16.4 Å². The van der Waals surface area contributed by atoms with Gasteiger partial charge in [0, 0.05) is 18.5 Å². The van der Waals surface area contributed by atoms with Gasteiger partial charge in [-0.15, -0.1) is 0 Å². The third-order valence-electron chi connectivity index (χ3n) is 2.49. The average Bonchev–Trinajstić information content (AvgIpc) is 2.77. The van der Waals surface area contributed by atoms with Crippen molar-refractivity contribution in [2.75, 3.05) is 11.1 Å². The molecule has 0 saturated heterocycles. The van der Waals surface area contributed by atoms with Crippen LogP contribution in [0.15, 0.2) is 33.5 Å². The van der Waals surface area contributed by atoms with E-state index in [1.807, 2.05) is 12.1 Å². The number of hydrogen-bond donors (Lipinski definition) is 2. The van der Waals surface area contributed by atoms with Crippen LogP contribution < -0.4 is 11.1 Å². The number of nitrogen functional groups attached to an aromatic ring is 1. The Labute approximate surface area is 114 Å². The molecule has 5 nitrogen and oxygen atoms in total. The first-order valence-corrected chi connectivity index (χ1v) is 6.52. The second-order valence-electron chi connectivity index (χ2n) is 4.10.